The van der Waals surface area contributed by atoms with E-state index in [1.807, 2.05) is 11.8 Å². The van der Waals surface area contributed by atoms with Crippen LogP contribution in [0.3, 0.4) is 0 Å². The molecule has 1 fully saturated rings. The van der Waals surface area contributed by atoms with Crippen LogP contribution < -0.4 is 10.6 Å². The minimum Gasteiger partial charge on any atom is -0.394 e. The average molecular weight is 231 g/mol. The zero-order valence-corrected chi connectivity index (χ0v) is 9.18. The maximum atomic E-state index is 5.79. The van der Waals surface area contributed by atoms with Crippen molar-refractivity contribution in [3.8, 4) is 0 Å². The fourth-order valence-corrected chi connectivity index (χ4v) is 2.42. The molecule has 1 aromatic heterocycles. The molecule has 2 N–H and O–H groups in total. The van der Waals surface area contributed by atoms with Crippen molar-refractivity contribution < 1.29 is 0 Å². The van der Waals surface area contributed by atoms with Gasteiger partial charge in [-0.05, 0) is 11.6 Å². The third-order valence-corrected chi connectivity index (χ3v) is 3.20. The van der Waals surface area contributed by atoms with Crippen LogP contribution >= 0.6 is 23.4 Å². The number of nitrogen functional groups attached to an aromatic ring is 1. The minimum absolute atomic E-state index is 0.257. The van der Waals surface area contributed by atoms with Crippen molar-refractivity contribution >= 4 is 34.9 Å². The predicted octanol–water partition coefficient (Wildman–Crippen LogP) is 1.27. The molecule has 4 nitrogen and oxygen atoms in total. The van der Waals surface area contributed by atoms with Gasteiger partial charge in [0.1, 0.15) is 0 Å². The van der Waals surface area contributed by atoms with Gasteiger partial charge in [-0.25, -0.2) is 4.98 Å². The van der Waals surface area contributed by atoms with E-state index in [0.717, 1.165) is 30.4 Å². The number of halogens is 1. The normalized spacial score (nSPS) is 17.1. The molecule has 0 aliphatic carbocycles. The summed E-state index contributed by atoms with van der Waals surface area (Å²) in [5, 5.41) is 0.257. The standard InChI is InChI=1S/C8H11ClN4S/c9-8-11-5-6(10)7(12-8)13-1-3-14-4-2-13/h5H,1-4,10H2. The summed E-state index contributed by atoms with van der Waals surface area (Å²) in [5.41, 5.74) is 6.39. The van der Waals surface area contributed by atoms with Gasteiger partial charge >= 0.3 is 0 Å². The Kier molecular flexibility index (Phi) is 2.98. The molecule has 2 rings (SSSR count). The van der Waals surface area contributed by atoms with Gasteiger partial charge in [-0.2, -0.15) is 16.7 Å². The second-order valence-corrected chi connectivity index (χ2v) is 4.58. The monoisotopic (exact) mass is 230 g/mol. The lowest BCUT2D eigenvalue weighted by Gasteiger charge is -2.28. The van der Waals surface area contributed by atoms with Crippen LogP contribution in [0.25, 0.3) is 0 Å². The smallest absolute Gasteiger partial charge is 0.224 e. The van der Waals surface area contributed by atoms with Gasteiger partial charge < -0.3 is 10.6 Å². The molecule has 1 aromatic rings. The maximum Gasteiger partial charge on any atom is 0.224 e. The van der Waals surface area contributed by atoms with Gasteiger partial charge in [-0.15, -0.1) is 0 Å². The zero-order chi connectivity index (χ0) is 9.97. The molecule has 76 valence electrons. The lowest BCUT2D eigenvalue weighted by Crippen LogP contribution is -2.33. The number of nitrogens with zero attached hydrogens (tertiary/aromatic N) is 3. The average Bonchev–Trinajstić information content (AvgIpc) is 2.23. The molecule has 0 radical (unpaired) electrons. The number of anilines is 2. The Morgan fingerprint density at radius 1 is 1.43 bits per heavy atom. The highest BCUT2D eigenvalue weighted by molar-refractivity contribution is 7.99. The summed E-state index contributed by atoms with van der Waals surface area (Å²) in [5.74, 6) is 2.99. The molecule has 1 aliphatic heterocycles. The number of aromatic nitrogens is 2. The van der Waals surface area contributed by atoms with Crippen LogP contribution in [0.2, 0.25) is 5.28 Å². The first-order valence-corrected chi connectivity index (χ1v) is 5.91. The molecule has 0 aromatic carbocycles. The van der Waals surface area contributed by atoms with E-state index in [-0.39, 0.29) is 5.28 Å². The van der Waals surface area contributed by atoms with Gasteiger partial charge in [0, 0.05) is 24.6 Å². The fourth-order valence-electron chi connectivity index (χ4n) is 1.39. The molecule has 14 heavy (non-hydrogen) atoms. The van der Waals surface area contributed by atoms with Crippen molar-refractivity contribution in [2.45, 2.75) is 0 Å². The largest absolute Gasteiger partial charge is 0.394 e. The van der Waals surface area contributed by atoms with E-state index >= 15 is 0 Å². The number of hydrogen-bond acceptors (Lipinski definition) is 5. The van der Waals surface area contributed by atoms with Gasteiger partial charge in [0.2, 0.25) is 5.28 Å². The van der Waals surface area contributed by atoms with Crippen LogP contribution in [0.1, 0.15) is 0 Å². The molecule has 6 heteroatoms. The third-order valence-electron chi connectivity index (χ3n) is 2.08. The van der Waals surface area contributed by atoms with Crippen LogP contribution in [0, 0.1) is 0 Å². The Morgan fingerprint density at radius 3 is 2.86 bits per heavy atom. The molecule has 1 saturated heterocycles. The van der Waals surface area contributed by atoms with Gasteiger partial charge in [-0.3, -0.25) is 0 Å². The lowest BCUT2D eigenvalue weighted by molar-refractivity contribution is 0.837. The number of thioether (sulfide) groups is 1. The minimum atomic E-state index is 0.257. The molecule has 0 atom stereocenters. The Bertz CT molecular complexity index is 327. The maximum absolute atomic E-state index is 5.79. The van der Waals surface area contributed by atoms with Crippen LogP contribution in [0.4, 0.5) is 11.5 Å². The van der Waals surface area contributed by atoms with E-state index in [4.69, 9.17) is 17.3 Å². The Balaban J connectivity index is 2.24. The molecule has 0 bridgehead atoms. The predicted molar refractivity (Wildman–Crippen MR) is 61.0 cm³/mol. The number of nitrogens with two attached hydrogens (primary N) is 1. The Morgan fingerprint density at radius 2 is 2.14 bits per heavy atom. The van der Waals surface area contributed by atoms with E-state index in [1.54, 1.807) is 6.20 Å². The van der Waals surface area contributed by atoms with Crippen LogP contribution in [0.5, 0.6) is 0 Å². The second-order valence-electron chi connectivity index (χ2n) is 3.02. The SMILES string of the molecule is Nc1cnc(Cl)nc1N1CCSCC1. The molecular formula is C8H11ClN4S. The van der Waals surface area contributed by atoms with Crippen molar-refractivity contribution in [2.75, 3.05) is 35.2 Å². The van der Waals surface area contributed by atoms with E-state index < -0.39 is 0 Å². The first kappa shape index (κ1) is 9.86. The van der Waals surface area contributed by atoms with Crippen LogP contribution in [-0.2, 0) is 0 Å². The molecule has 0 saturated carbocycles. The van der Waals surface area contributed by atoms with E-state index in [0.29, 0.717) is 5.69 Å². The van der Waals surface area contributed by atoms with Gasteiger partial charge in [0.25, 0.3) is 0 Å². The third kappa shape index (κ3) is 2.04. The fraction of sp³-hybridized carbons (Fsp3) is 0.500. The number of hydrogen-bond donors (Lipinski definition) is 1. The summed E-state index contributed by atoms with van der Waals surface area (Å²) in [6.45, 7) is 1.95. The van der Waals surface area contributed by atoms with E-state index in [2.05, 4.69) is 14.9 Å². The first-order chi connectivity index (χ1) is 6.77. The summed E-state index contributed by atoms with van der Waals surface area (Å²) in [6, 6.07) is 0. The van der Waals surface area contributed by atoms with Crippen molar-refractivity contribution in [3.63, 3.8) is 0 Å². The lowest BCUT2D eigenvalue weighted by atomic mass is 10.4. The Hall–Kier alpha value is -0.680. The molecular weight excluding hydrogens is 220 g/mol. The summed E-state index contributed by atoms with van der Waals surface area (Å²) in [4.78, 5) is 10.1. The topological polar surface area (TPSA) is 55.0 Å². The summed E-state index contributed by atoms with van der Waals surface area (Å²) in [7, 11) is 0. The molecule has 1 aliphatic rings. The van der Waals surface area contributed by atoms with Crippen molar-refractivity contribution in [2.24, 2.45) is 0 Å². The number of rotatable bonds is 1. The van der Waals surface area contributed by atoms with Gasteiger partial charge in [-0.1, -0.05) is 0 Å². The molecule has 0 spiro atoms. The highest BCUT2D eigenvalue weighted by Crippen LogP contribution is 2.23. The van der Waals surface area contributed by atoms with E-state index in [1.165, 1.54) is 0 Å². The highest BCUT2D eigenvalue weighted by atomic mass is 35.5. The van der Waals surface area contributed by atoms with E-state index in [9.17, 15) is 0 Å². The van der Waals surface area contributed by atoms with Crippen LogP contribution in [-0.4, -0.2) is 34.6 Å². The molecule has 0 unspecified atom stereocenters. The highest BCUT2D eigenvalue weighted by Gasteiger charge is 2.15. The van der Waals surface area contributed by atoms with Crippen molar-refractivity contribution in [3.05, 3.63) is 11.5 Å². The summed E-state index contributed by atoms with van der Waals surface area (Å²) in [6.07, 6.45) is 1.56. The van der Waals surface area contributed by atoms with Crippen molar-refractivity contribution in [1.82, 2.24) is 9.97 Å². The summed E-state index contributed by atoms with van der Waals surface area (Å²) >= 11 is 7.67. The summed E-state index contributed by atoms with van der Waals surface area (Å²) < 4.78 is 0. The quantitative estimate of drug-likeness (QED) is 0.737. The van der Waals surface area contributed by atoms with Gasteiger partial charge in [0.15, 0.2) is 5.82 Å². The van der Waals surface area contributed by atoms with Crippen molar-refractivity contribution in [1.29, 1.82) is 0 Å². The molecule has 2 heterocycles. The van der Waals surface area contributed by atoms with Gasteiger partial charge in [0.05, 0.1) is 11.9 Å². The van der Waals surface area contributed by atoms with Crippen LogP contribution in [0.15, 0.2) is 6.20 Å². The Labute approximate surface area is 91.9 Å². The molecule has 0 amide bonds. The second kappa shape index (κ2) is 4.23. The first-order valence-electron chi connectivity index (χ1n) is 4.38. The zero-order valence-electron chi connectivity index (χ0n) is 7.61.